The molecule has 1 aliphatic carbocycles. The van der Waals surface area contributed by atoms with Gasteiger partial charge in [0, 0.05) is 12.4 Å². The second-order valence-electron chi connectivity index (χ2n) is 7.04. The van der Waals surface area contributed by atoms with Gasteiger partial charge >= 0.3 is 12.1 Å². The molecule has 1 amide bonds. The van der Waals surface area contributed by atoms with Crippen molar-refractivity contribution in [1.29, 1.82) is 0 Å². The van der Waals surface area contributed by atoms with E-state index in [1.807, 2.05) is 6.92 Å². The number of pyridine rings is 1. The smallest absolute Gasteiger partial charge is 0.418 e. The van der Waals surface area contributed by atoms with E-state index in [9.17, 15) is 22.8 Å². The van der Waals surface area contributed by atoms with Gasteiger partial charge < -0.3 is 4.74 Å². The summed E-state index contributed by atoms with van der Waals surface area (Å²) in [6.45, 7) is 3.54. The Morgan fingerprint density at radius 2 is 1.93 bits per heavy atom. The van der Waals surface area contributed by atoms with E-state index in [1.165, 1.54) is 14.2 Å². The summed E-state index contributed by atoms with van der Waals surface area (Å²) in [4.78, 5) is 33.8. The number of aromatic nitrogens is 1. The quantitative estimate of drug-likeness (QED) is 0.546. The van der Waals surface area contributed by atoms with Crippen LogP contribution in [0.15, 0.2) is 18.2 Å². The third-order valence-corrected chi connectivity index (χ3v) is 5.05. The first-order valence-corrected chi connectivity index (χ1v) is 9.13. The van der Waals surface area contributed by atoms with E-state index in [1.54, 1.807) is 13.0 Å². The maximum atomic E-state index is 13.8. The number of carbonyl (C=O) groups is 2. The van der Waals surface area contributed by atoms with Gasteiger partial charge in [-0.05, 0) is 48.9 Å². The van der Waals surface area contributed by atoms with E-state index in [-0.39, 0.29) is 35.1 Å². The molecule has 1 fully saturated rings. The molecule has 1 saturated carbocycles. The summed E-state index contributed by atoms with van der Waals surface area (Å²) < 4.78 is 46.4. The fraction of sp³-hybridized carbons (Fsp3) is 0.450. The van der Waals surface area contributed by atoms with Crippen molar-refractivity contribution in [3.8, 4) is 0 Å². The zero-order chi connectivity index (χ0) is 21.5. The predicted molar refractivity (Wildman–Crippen MR) is 98.3 cm³/mol. The first-order valence-electron chi connectivity index (χ1n) is 9.13. The summed E-state index contributed by atoms with van der Waals surface area (Å²) in [5.74, 6) is -1.34. The van der Waals surface area contributed by atoms with Crippen LogP contribution in [0, 0.1) is 5.92 Å². The number of fused-ring (bicyclic) bond motifs is 1. The number of rotatable bonds is 5. The van der Waals surface area contributed by atoms with Crippen molar-refractivity contribution < 1.29 is 32.3 Å². The Balaban J connectivity index is 2.34. The number of ether oxygens (including phenoxy) is 1. The molecule has 29 heavy (non-hydrogen) atoms. The average Bonchev–Trinajstić information content (AvgIpc) is 3.41. The third kappa shape index (κ3) is 4.05. The van der Waals surface area contributed by atoms with E-state index in [2.05, 4.69) is 4.98 Å². The number of hydrogen-bond donors (Lipinski definition) is 0. The van der Waals surface area contributed by atoms with E-state index >= 15 is 0 Å². The Hall–Kier alpha value is -2.68. The van der Waals surface area contributed by atoms with E-state index in [0.29, 0.717) is 5.56 Å². The maximum absolute atomic E-state index is 13.8. The molecule has 0 radical (unpaired) electrons. The summed E-state index contributed by atoms with van der Waals surface area (Å²) in [7, 11) is 2.59. The van der Waals surface area contributed by atoms with Gasteiger partial charge in [0.25, 0.3) is 5.91 Å². The number of esters is 1. The van der Waals surface area contributed by atoms with Gasteiger partial charge in [0.05, 0.1) is 30.4 Å². The second kappa shape index (κ2) is 7.62. The highest BCUT2D eigenvalue weighted by Gasteiger charge is 2.39. The molecule has 0 N–H and O–H groups in total. The van der Waals surface area contributed by atoms with Gasteiger partial charge in [-0.1, -0.05) is 6.92 Å². The normalized spacial score (nSPS) is 18.6. The monoisotopic (exact) mass is 410 g/mol. The fourth-order valence-electron chi connectivity index (χ4n) is 3.31. The first-order chi connectivity index (χ1) is 13.6. The van der Waals surface area contributed by atoms with Crippen LogP contribution in [0.3, 0.4) is 0 Å². The molecule has 1 aromatic carbocycles. The van der Waals surface area contributed by atoms with Gasteiger partial charge in [0.1, 0.15) is 5.69 Å². The molecule has 3 rings (SSSR count). The van der Waals surface area contributed by atoms with Gasteiger partial charge in [0.15, 0.2) is 0 Å². The zero-order valence-corrected chi connectivity index (χ0v) is 16.5. The number of amides is 1. The minimum absolute atomic E-state index is 0.00617. The number of carbonyl (C=O) groups excluding carboxylic acids is 2. The minimum atomic E-state index is -4.71. The molecule has 2 atom stereocenters. The SMILES string of the molecule is CCOC(=O)c1cc(C(=O)N(C)OC)c2cc(C3CC3C)cc(C(F)(F)F)c2n1. The third-order valence-electron chi connectivity index (χ3n) is 5.05. The minimum Gasteiger partial charge on any atom is -0.461 e. The lowest BCUT2D eigenvalue weighted by Crippen LogP contribution is -2.26. The van der Waals surface area contributed by atoms with Crippen molar-refractivity contribution in [2.45, 2.75) is 32.4 Å². The molecule has 6 nitrogen and oxygen atoms in total. The Bertz CT molecular complexity index is 974. The molecular weight excluding hydrogens is 389 g/mol. The Morgan fingerprint density at radius 1 is 1.28 bits per heavy atom. The molecule has 2 aromatic rings. The zero-order valence-electron chi connectivity index (χ0n) is 16.5. The van der Waals surface area contributed by atoms with E-state index in [4.69, 9.17) is 9.57 Å². The van der Waals surface area contributed by atoms with Crippen LogP contribution in [-0.2, 0) is 15.8 Å². The lowest BCUT2D eigenvalue weighted by molar-refractivity contribution is -0.136. The van der Waals surface area contributed by atoms with Gasteiger partial charge in [-0.15, -0.1) is 0 Å². The average molecular weight is 410 g/mol. The van der Waals surface area contributed by atoms with Crippen molar-refractivity contribution in [3.63, 3.8) is 0 Å². The van der Waals surface area contributed by atoms with Crippen molar-refractivity contribution >= 4 is 22.8 Å². The predicted octanol–water partition coefficient (Wildman–Crippen LogP) is 4.19. The van der Waals surface area contributed by atoms with Crippen LogP contribution in [0.4, 0.5) is 13.2 Å². The maximum Gasteiger partial charge on any atom is 0.418 e. The Kier molecular flexibility index (Phi) is 5.53. The van der Waals surface area contributed by atoms with Crippen molar-refractivity contribution in [3.05, 3.63) is 40.6 Å². The summed E-state index contributed by atoms with van der Waals surface area (Å²) in [6, 6.07) is 3.77. The summed E-state index contributed by atoms with van der Waals surface area (Å²) >= 11 is 0. The van der Waals surface area contributed by atoms with Crippen LogP contribution >= 0.6 is 0 Å². The van der Waals surface area contributed by atoms with E-state index < -0.39 is 29.1 Å². The van der Waals surface area contributed by atoms with Crippen LogP contribution < -0.4 is 0 Å². The molecule has 1 aliphatic rings. The number of nitrogens with zero attached hydrogens (tertiary/aromatic N) is 2. The first kappa shape index (κ1) is 21.0. The molecule has 0 spiro atoms. The molecule has 2 unspecified atom stereocenters. The summed E-state index contributed by atoms with van der Waals surface area (Å²) in [5.41, 5.74) is -1.43. The van der Waals surface area contributed by atoms with Gasteiger partial charge in [-0.25, -0.2) is 14.8 Å². The Labute approximate surface area is 165 Å². The van der Waals surface area contributed by atoms with E-state index in [0.717, 1.165) is 23.6 Å². The lowest BCUT2D eigenvalue weighted by atomic mass is 9.97. The van der Waals surface area contributed by atoms with Crippen LogP contribution in [-0.4, -0.2) is 42.7 Å². The second-order valence-corrected chi connectivity index (χ2v) is 7.04. The number of hydroxylamine groups is 2. The number of benzene rings is 1. The van der Waals surface area contributed by atoms with Crippen molar-refractivity contribution in [2.24, 2.45) is 5.92 Å². The van der Waals surface area contributed by atoms with Gasteiger partial charge in [-0.2, -0.15) is 13.2 Å². The number of halogens is 3. The number of alkyl halides is 3. The number of hydrogen-bond acceptors (Lipinski definition) is 5. The van der Waals surface area contributed by atoms with Gasteiger partial charge in [0.2, 0.25) is 0 Å². The molecule has 0 aliphatic heterocycles. The van der Waals surface area contributed by atoms with Crippen LogP contribution in [0.25, 0.3) is 10.9 Å². The summed E-state index contributed by atoms with van der Waals surface area (Å²) in [5, 5.41) is 0.902. The molecule has 1 aromatic heterocycles. The highest BCUT2D eigenvalue weighted by atomic mass is 19.4. The standard InChI is InChI=1S/C20H21F3N2O4/c1-5-29-19(27)16-9-14(18(26)25(3)28-4)13-7-11(12-6-10(12)2)8-15(17(13)24-16)20(21,22)23/h7-10,12H,5-6H2,1-4H3. The Morgan fingerprint density at radius 3 is 2.45 bits per heavy atom. The highest BCUT2D eigenvalue weighted by molar-refractivity contribution is 6.08. The van der Waals surface area contributed by atoms with Crippen LogP contribution in [0.2, 0.25) is 0 Å². The molecule has 0 bridgehead atoms. The topological polar surface area (TPSA) is 68.7 Å². The fourth-order valence-corrected chi connectivity index (χ4v) is 3.31. The van der Waals surface area contributed by atoms with Crippen LogP contribution in [0.5, 0.6) is 0 Å². The molecule has 0 saturated heterocycles. The summed E-state index contributed by atoms with van der Waals surface area (Å²) in [6.07, 6.45) is -3.93. The van der Waals surface area contributed by atoms with Gasteiger partial charge in [-0.3, -0.25) is 9.63 Å². The molecule has 156 valence electrons. The lowest BCUT2D eigenvalue weighted by Gasteiger charge is -2.18. The van der Waals surface area contributed by atoms with Crippen molar-refractivity contribution in [1.82, 2.24) is 10.0 Å². The van der Waals surface area contributed by atoms with Crippen LogP contribution in [0.1, 0.15) is 58.2 Å². The molecule has 1 heterocycles. The largest absolute Gasteiger partial charge is 0.461 e. The van der Waals surface area contributed by atoms with Crippen molar-refractivity contribution in [2.75, 3.05) is 20.8 Å². The molecule has 9 heteroatoms. The highest BCUT2D eigenvalue weighted by Crippen LogP contribution is 2.49. The molecular formula is C20H21F3N2O4.